The van der Waals surface area contributed by atoms with Crippen molar-refractivity contribution < 1.29 is 23.9 Å². The Labute approximate surface area is 165 Å². The van der Waals surface area contributed by atoms with Crippen LogP contribution in [-0.2, 0) is 20.9 Å². The zero-order valence-corrected chi connectivity index (χ0v) is 16.6. The van der Waals surface area contributed by atoms with E-state index in [2.05, 4.69) is 0 Å². The molecule has 8 nitrogen and oxygen atoms in total. The molecule has 1 atom stereocenters. The van der Waals surface area contributed by atoms with Crippen molar-refractivity contribution in [2.75, 3.05) is 32.7 Å². The number of benzene rings is 1. The molecule has 0 aromatic heterocycles. The fourth-order valence-electron chi connectivity index (χ4n) is 3.35. The molecule has 3 amide bonds. The van der Waals surface area contributed by atoms with Gasteiger partial charge < -0.3 is 19.3 Å². The fourth-order valence-corrected chi connectivity index (χ4v) is 3.35. The number of rotatable bonds is 2. The normalized spacial score (nSPS) is 19.9. The highest BCUT2D eigenvalue weighted by Gasteiger charge is 2.40. The van der Waals surface area contributed by atoms with Crippen LogP contribution in [0.5, 0.6) is 0 Å². The van der Waals surface area contributed by atoms with Crippen LogP contribution in [0.3, 0.4) is 0 Å². The third-order valence-corrected chi connectivity index (χ3v) is 4.68. The lowest BCUT2D eigenvalue weighted by Gasteiger charge is -2.46. The molecule has 0 radical (unpaired) electrons. The topological polar surface area (TPSA) is 79.4 Å². The molecule has 0 aliphatic carbocycles. The zero-order chi connectivity index (χ0) is 20.3. The third-order valence-electron chi connectivity index (χ3n) is 4.68. The minimum absolute atomic E-state index is 0.00341. The van der Waals surface area contributed by atoms with E-state index in [4.69, 9.17) is 9.47 Å². The number of hydrogen-bond donors (Lipinski definition) is 0. The minimum atomic E-state index is -0.579. The van der Waals surface area contributed by atoms with Gasteiger partial charge in [-0.1, -0.05) is 30.3 Å². The maximum Gasteiger partial charge on any atom is 0.410 e. The maximum atomic E-state index is 12.5. The Morgan fingerprint density at radius 2 is 1.71 bits per heavy atom. The van der Waals surface area contributed by atoms with Crippen molar-refractivity contribution in [2.45, 2.75) is 39.0 Å². The summed E-state index contributed by atoms with van der Waals surface area (Å²) in [5.74, 6) is -0.128. The largest absolute Gasteiger partial charge is 0.445 e. The fraction of sp³-hybridized carbons (Fsp3) is 0.550. The van der Waals surface area contributed by atoms with E-state index >= 15 is 0 Å². The van der Waals surface area contributed by atoms with Gasteiger partial charge in [-0.2, -0.15) is 0 Å². The number of carbonyl (C=O) groups excluding carboxylic acids is 3. The van der Waals surface area contributed by atoms with Gasteiger partial charge in [-0.3, -0.25) is 9.69 Å². The first-order valence-corrected chi connectivity index (χ1v) is 9.46. The van der Waals surface area contributed by atoms with Crippen molar-refractivity contribution in [1.29, 1.82) is 0 Å². The van der Waals surface area contributed by atoms with Crippen molar-refractivity contribution in [3.63, 3.8) is 0 Å². The van der Waals surface area contributed by atoms with E-state index in [1.165, 1.54) is 4.90 Å². The highest BCUT2D eigenvalue weighted by molar-refractivity contribution is 5.84. The monoisotopic (exact) mass is 389 g/mol. The SMILES string of the molecule is CC(C)(C)OC(=O)N1CCN2C(=O)CN(C(=O)OCc3ccccc3)CC2C1. The summed E-state index contributed by atoms with van der Waals surface area (Å²) < 4.78 is 10.8. The summed E-state index contributed by atoms with van der Waals surface area (Å²) in [5.41, 5.74) is 0.304. The van der Waals surface area contributed by atoms with Crippen molar-refractivity contribution >= 4 is 18.1 Å². The van der Waals surface area contributed by atoms with E-state index in [1.807, 2.05) is 51.1 Å². The second-order valence-corrected chi connectivity index (χ2v) is 8.09. The van der Waals surface area contributed by atoms with Crippen LogP contribution < -0.4 is 0 Å². The van der Waals surface area contributed by atoms with Gasteiger partial charge in [0, 0.05) is 26.2 Å². The van der Waals surface area contributed by atoms with Gasteiger partial charge in [0.25, 0.3) is 0 Å². The Bertz CT molecular complexity index is 731. The van der Waals surface area contributed by atoms with Gasteiger partial charge in [0.05, 0.1) is 6.04 Å². The highest BCUT2D eigenvalue weighted by atomic mass is 16.6. The Morgan fingerprint density at radius 3 is 2.39 bits per heavy atom. The molecule has 2 fully saturated rings. The van der Waals surface area contributed by atoms with E-state index in [0.29, 0.717) is 26.2 Å². The molecule has 2 aliphatic rings. The van der Waals surface area contributed by atoms with E-state index in [1.54, 1.807) is 9.80 Å². The lowest BCUT2D eigenvalue weighted by atomic mass is 10.1. The first-order chi connectivity index (χ1) is 13.2. The average Bonchev–Trinajstić information content (AvgIpc) is 2.65. The molecule has 2 aliphatic heterocycles. The Hall–Kier alpha value is -2.77. The highest BCUT2D eigenvalue weighted by Crippen LogP contribution is 2.20. The molecule has 152 valence electrons. The minimum Gasteiger partial charge on any atom is -0.445 e. The van der Waals surface area contributed by atoms with Gasteiger partial charge in [-0.15, -0.1) is 0 Å². The van der Waals surface area contributed by atoms with Crippen LogP contribution in [0.4, 0.5) is 9.59 Å². The van der Waals surface area contributed by atoms with Gasteiger partial charge >= 0.3 is 12.2 Å². The Morgan fingerprint density at radius 1 is 1.04 bits per heavy atom. The van der Waals surface area contributed by atoms with Crippen LogP contribution in [0, 0.1) is 0 Å². The molecule has 0 saturated carbocycles. The predicted octanol–water partition coefficient (Wildman–Crippen LogP) is 2.09. The molecule has 0 N–H and O–H groups in total. The predicted molar refractivity (Wildman–Crippen MR) is 102 cm³/mol. The molecular formula is C20H27N3O5. The first kappa shape index (κ1) is 20.0. The number of hydrogen-bond acceptors (Lipinski definition) is 5. The van der Waals surface area contributed by atoms with Gasteiger partial charge in [-0.25, -0.2) is 9.59 Å². The quantitative estimate of drug-likeness (QED) is 0.774. The van der Waals surface area contributed by atoms with E-state index in [9.17, 15) is 14.4 Å². The molecule has 0 bridgehead atoms. The number of fused-ring (bicyclic) bond motifs is 1. The maximum absolute atomic E-state index is 12.5. The molecule has 2 saturated heterocycles. The molecule has 8 heteroatoms. The summed E-state index contributed by atoms with van der Waals surface area (Å²) in [4.78, 5) is 42.0. The summed E-state index contributed by atoms with van der Waals surface area (Å²) in [6.07, 6.45) is -0.922. The van der Waals surface area contributed by atoms with Crippen molar-refractivity contribution in [2.24, 2.45) is 0 Å². The number of amides is 3. The molecule has 1 aromatic rings. The number of piperazine rings is 2. The summed E-state index contributed by atoms with van der Waals surface area (Å²) in [5, 5.41) is 0. The second-order valence-electron chi connectivity index (χ2n) is 8.09. The lowest BCUT2D eigenvalue weighted by molar-refractivity contribution is -0.142. The second kappa shape index (κ2) is 8.08. The molecule has 1 unspecified atom stereocenters. The van der Waals surface area contributed by atoms with Crippen molar-refractivity contribution in [1.82, 2.24) is 14.7 Å². The first-order valence-electron chi connectivity index (χ1n) is 9.46. The van der Waals surface area contributed by atoms with Crippen LogP contribution in [0.2, 0.25) is 0 Å². The van der Waals surface area contributed by atoms with Crippen LogP contribution >= 0.6 is 0 Å². The third kappa shape index (κ3) is 4.94. The van der Waals surface area contributed by atoms with Gasteiger partial charge in [0.2, 0.25) is 5.91 Å². The smallest absolute Gasteiger partial charge is 0.410 e. The summed E-state index contributed by atoms with van der Waals surface area (Å²) in [6, 6.07) is 9.12. The standard InChI is InChI=1S/C20H27N3O5/c1-20(2,3)28-19(26)21-9-10-23-16(11-21)12-22(13-17(23)24)18(25)27-14-15-7-5-4-6-8-15/h4-8,16H,9-14H2,1-3H3. The zero-order valence-electron chi connectivity index (χ0n) is 16.6. The van der Waals surface area contributed by atoms with Gasteiger partial charge in [0.15, 0.2) is 0 Å². The van der Waals surface area contributed by atoms with Crippen LogP contribution in [0.15, 0.2) is 30.3 Å². The molecular weight excluding hydrogens is 362 g/mol. The van der Waals surface area contributed by atoms with Gasteiger partial charge in [-0.05, 0) is 26.3 Å². The van der Waals surface area contributed by atoms with Crippen LogP contribution in [0.25, 0.3) is 0 Å². The van der Waals surface area contributed by atoms with Crippen LogP contribution in [0.1, 0.15) is 26.3 Å². The van der Waals surface area contributed by atoms with E-state index < -0.39 is 17.8 Å². The number of ether oxygens (including phenoxy) is 2. The number of carbonyl (C=O) groups is 3. The number of nitrogens with zero attached hydrogens (tertiary/aromatic N) is 3. The lowest BCUT2D eigenvalue weighted by Crippen LogP contribution is -2.65. The van der Waals surface area contributed by atoms with E-state index in [0.717, 1.165) is 5.56 Å². The molecule has 1 aromatic carbocycles. The Kier molecular flexibility index (Phi) is 5.76. The summed E-state index contributed by atoms with van der Waals surface area (Å²) in [7, 11) is 0. The summed E-state index contributed by atoms with van der Waals surface area (Å²) >= 11 is 0. The molecule has 2 heterocycles. The van der Waals surface area contributed by atoms with Crippen LogP contribution in [-0.4, -0.2) is 77.2 Å². The molecule has 28 heavy (non-hydrogen) atoms. The van der Waals surface area contributed by atoms with Gasteiger partial charge in [0.1, 0.15) is 18.8 Å². The molecule has 0 spiro atoms. The molecule has 3 rings (SSSR count). The van der Waals surface area contributed by atoms with Crippen molar-refractivity contribution in [3.8, 4) is 0 Å². The summed E-state index contributed by atoms with van der Waals surface area (Å²) in [6.45, 7) is 7.13. The Balaban J connectivity index is 1.58. The van der Waals surface area contributed by atoms with Crippen molar-refractivity contribution in [3.05, 3.63) is 35.9 Å². The average molecular weight is 389 g/mol. The van der Waals surface area contributed by atoms with E-state index in [-0.39, 0.29) is 25.1 Å².